The van der Waals surface area contributed by atoms with Crippen molar-refractivity contribution in [2.24, 2.45) is 4.99 Å². The number of nitrogens with one attached hydrogen (secondary N) is 3. The molecule has 0 unspecified atom stereocenters. The zero-order valence-corrected chi connectivity index (χ0v) is 18.4. The van der Waals surface area contributed by atoms with Crippen LogP contribution in [-0.4, -0.2) is 63.2 Å². The second-order valence-corrected chi connectivity index (χ2v) is 7.55. The van der Waals surface area contributed by atoms with Gasteiger partial charge in [-0.3, -0.25) is 14.7 Å². The molecule has 1 aliphatic heterocycles. The van der Waals surface area contributed by atoms with E-state index in [-0.39, 0.29) is 5.91 Å². The number of aliphatic imine (C=N–C) groups is 1. The first-order valence-corrected chi connectivity index (χ1v) is 10.8. The summed E-state index contributed by atoms with van der Waals surface area (Å²) in [6.45, 7) is 8.31. The minimum absolute atomic E-state index is 0.179. The van der Waals surface area contributed by atoms with Crippen molar-refractivity contribution in [1.29, 1.82) is 0 Å². The molecule has 8 nitrogen and oxygen atoms in total. The number of ether oxygens (including phenoxy) is 1. The van der Waals surface area contributed by atoms with Crippen LogP contribution < -0.4 is 16.0 Å². The first-order valence-electron chi connectivity index (χ1n) is 10.8. The average Bonchev–Trinajstić information content (AvgIpc) is 3.23. The van der Waals surface area contributed by atoms with Crippen molar-refractivity contribution in [1.82, 2.24) is 20.9 Å². The Morgan fingerprint density at radius 2 is 1.81 bits per heavy atom. The van der Waals surface area contributed by atoms with Crippen LogP contribution >= 0.6 is 0 Å². The van der Waals surface area contributed by atoms with Crippen molar-refractivity contribution in [2.45, 2.75) is 26.4 Å². The maximum Gasteiger partial charge on any atom is 0.287 e. The van der Waals surface area contributed by atoms with E-state index in [0.29, 0.717) is 25.4 Å². The molecular weight excluding hydrogens is 394 g/mol. The zero-order valence-electron chi connectivity index (χ0n) is 18.4. The lowest BCUT2D eigenvalue weighted by atomic mass is 10.1. The third-order valence-electron chi connectivity index (χ3n) is 5.29. The van der Waals surface area contributed by atoms with Gasteiger partial charge in [-0.1, -0.05) is 24.3 Å². The van der Waals surface area contributed by atoms with E-state index in [9.17, 15) is 4.79 Å². The molecule has 31 heavy (non-hydrogen) atoms. The second-order valence-electron chi connectivity index (χ2n) is 7.55. The Kier molecular flexibility index (Phi) is 8.93. The summed E-state index contributed by atoms with van der Waals surface area (Å²) in [5.41, 5.74) is 3.43. The van der Waals surface area contributed by atoms with Crippen LogP contribution in [0.3, 0.4) is 0 Å². The zero-order chi connectivity index (χ0) is 21.9. The van der Waals surface area contributed by atoms with E-state index in [1.807, 2.05) is 6.92 Å². The van der Waals surface area contributed by atoms with E-state index in [4.69, 9.17) is 9.15 Å². The normalized spacial score (nSPS) is 15.0. The maximum atomic E-state index is 12.0. The Bertz CT molecular complexity index is 858. The third kappa shape index (κ3) is 7.11. The average molecular weight is 428 g/mol. The minimum Gasteiger partial charge on any atom is -0.459 e. The van der Waals surface area contributed by atoms with E-state index in [0.717, 1.165) is 50.8 Å². The Balaban J connectivity index is 1.38. The van der Waals surface area contributed by atoms with E-state index < -0.39 is 0 Å². The van der Waals surface area contributed by atoms with E-state index >= 15 is 0 Å². The minimum atomic E-state index is -0.179. The van der Waals surface area contributed by atoms with Gasteiger partial charge >= 0.3 is 0 Å². The fourth-order valence-corrected chi connectivity index (χ4v) is 3.47. The van der Waals surface area contributed by atoms with E-state index in [2.05, 4.69) is 50.1 Å². The fraction of sp³-hybridized carbons (Fsp3) is 0.478. The molecule has 1 saturated heterocycles. The largest absolute Gasteiger partial charge is 0.459 e. The van der Waals surface area contributed by atoms with Gasteiger partial charge in [-0.05, 0) is 30.5 Å². The van der Waals surface area contributed by atoms with Crippen LogP contribution in [0.5, 0.6) is 0 Å². The number of carbonyl (C=O) groups is 1. The molecule has 0 bridgehead atoms. The summed E-state index contributed by atoms with van der Waals surface area (Å²) >= 11 is 0. The fourth-order valence-electron chi connectivity index (χ4n) is 3.47. The van der Waals surface area contributed by atoms with Crippen LogP contribution in [0.15, 0.2) is 46.0 Å². The smallest absolute Gasteiger partial charge is 0.287 e. The van der Waals surface area contributed by atoms with Crippen molar-refractivity contribution >= 4 is 11.9 Å². The van der Waals surface area contributed by atoms with Gasteiger partial charge in [0.25, 0.3) is 5.91 Å². The quantitative estimate of drug-likeness (QED) is 0.322. The number of amides is 1. The molecule has 0 saturated carbocycles. The van der Waals surface area contributed by atoms with Gasteiger partial charge in [0, 0.05) is 51.9 Å². The van der Waals surface area contributed by atoms with Crippen LogP contribution in [0, 0.1) is 6.92 Å². The Morgan fingerprint density at radius 1 is 1.06 bits per heavy atom. The summed E-state index contributed by atoms with van der Waals surface area (Å²) in [6, 6.07) is 10.3. The number of morpholine rings is 1. The highest BCUT2D eigenvalue weighted by molar-refractivity contribution is 5.92. The van der Waals surface area contributed by atoms with Gasteiger partial charge in [0.05, 0.1) is 19.5 Å². The van der Waals surface area contributed by atoms with E-state index in [1.165, 1.54) is 17.4 Å². The molecular formula is C23H33N5O3. The number of guanidine groups is 1. The van der Waals surface area contributed by atoms with Gasteiger partial charge in [0.15, 0.2) is 11.7 Å². The molecule has 0 spiro atoms. The SMILES string of the molecule is CN=C(NCCCNC(=O)c1occc1C)NCc1ccccc1CN1CCOCC1. The first kappa shape index (κ1) is 22.8. The van der Waals surface area contributed by atoms with Gasteiger partial charge in [0.1, 0.15) is 0 Å². The van der Waals surface area contributed by atoms with Gasteiger partial charge in [-0.15, -0.1) is 0 Å². The topological polar surface area (TPSA) is 91.1 Å². The Hall–Kier alpha value is -2.84. The van der Waals surface area contributed by atoms with Crippen LogP contribution in [0.2, 0.25) is 0 Å². The maximum absolute atomic E-state index is 12.0. The Labute approximate surface area is 184 Å². The van der Waals surface area contributed by atoms with Crippen molar-refractivity contribution in [2.75, 3.05) is 46.4 Å². The molecule has 3 N–H and O–H groups in total. The predicted molar refractivity (Wildman–Crippen MR) is 121 cm³/mol. The molecule has 168 valence electrons. The van der Waals surface area contributed by atoms with Crippen molar-refractivity contribution in [3.05, 3.63) is 59.0 Å². The summed E-state index contributed by atoms with van der Waals surface area (Å²) < 4.78 is 10.7. The van der Waals surface area contributed by atoms with Gasteiger partial charge in [-0.2, -0.15) is 0 Å². The van der Waals surface area contributed by atoms with Gasteiger partial charge in [-0.25, -0.2) is 0 Å². The number of rotatable bonds is 9. The summed E-state index contributed by atoms with van der Waals surface area (Å²) in [5.74, 6) is 0.942. The first-order chi connectivity index (χ1) is 15.2. The number of furan rings is 1. The highest BCUT2D eigenvalue weighted by Crippen LogP contribution is 2.13. The standard InChI is InChI=1S/C23H33N5O3/c1-18-8-13-31-21(18)22(29)25-9-5-10-26-23(24-2)27-16-19-6-3-4-7-20(19)17-28-11-14-30-15-12-28/h3-4,6-8,13H,5,9-12,14-17H2,1-2H3,(H,25,29)(H2,24,26,27). The molecule has 1 fully saturated rings. The summed E-state index contributed by atoms with van der Waals surface area (Å²) in [7, 11) is 1.76. The molecule has 2 aromatic rings. The van der Waals surface area contributed by atoms with Gasteiger partial charge in [0.2, 0.25) is 0 Å². The van der Waals surface area contributed by atoms with E-state index in [1.54, 1.807) is 13.1 Å². The number of hydrogen-bond acceptors (Lipinski definition) is 5. The third-order valence-corrected chi connectivity index (χ3v) is 5.29. The lowest BCUT2D eigenvalue weighted by molar-refractivity contribution is 0.0341. The molecule has 0 atom stereocenters. The van der Waals surface area contributed by atoms with Crippen molar-refractivity contribution in [3.8, 4) is 0 Å². The molecule has 1 amide bonds. The highest BCUT2D eigenvalue weighted by Gasteiger charge is 2.13. The molecule has 1 aliphatic rings. The van der Waals surface area contributed by atoms with Crippen molar-refractivity contribution in [3.63, 3.8) is 0 Å². The molecule has 1 aromatic heterocycles. The number of hydrogen-bond donors (Lipinski definition) is 3. The van der Waals surface area contributed by atoms with Crippen LogP contribution in [0.1, 0.15) is 33.7 Å². The lowest BCUT2D eigenvalue weighted by Crippen LogP contribution is -2.39. The Morgan fingerprint density at radius 3 is 2.52 bits per heavy atom. The molecule has 8 heteroatoms. The lowest BCUT2D eigenvalue weighted by Gasteiger charge is -2.27. The summed E-state index contributed by atoms with van der Waals surface area (Å²) in [6.07, 6.45) is 2.31. The highest BCUT2D eigenvalue weighted by atomic mass is 16.5. The van der Waals surface area contributed by atoms with Gasteiger partial charge < -0.3 is 25.1 Å². The molecule has 1 aromatic carbocycles. The number of nitrogens with zero attached hydrogens (tertiary/aromatic N) is 2. The summed E-state index contributed by atoms with van der Waals surface area (Å²) in [5, 5.41) is 9.56. The summed E-state index contributed by atoms with van der Waals surface area (Å²) in [4.78, 5) is 18.8. The van der Waals surface area contributed by atoms with Crippen LogP contribution in [0.25, 0.3) is 0 Å². The molecule has 3 rings (SSSR count). The molecule has 0 aliphatic carbocycles. The van der Waals surface area contributed by atoms with Crippen LogP contribution in [0.4, 0.5) is 0 Å². The van der Waals surface area contributed by atoms with Crippen molar-refractivity contribution < 1.29 is 13.9 Å². The van der Waals surface area contributed by atoms with Crippen LogP contribution in [-0.2, 0) is 17.8 Å². The number of benzene rings is 1. The second kappa shape index (κ2) is 12.1. The monoisotopic (exact) mass is 427 g/mol. The molecule has 0 radical (unpaired) electrons. The predicted octanol–water partition coefficient (Wildman–Crippen LogP) is 1.91. The number of aryl methyl sites for hydroxylation is 1. The molecule has 2 heterocycles. The number of carbonyl (C=O) groups excluding carboxylic acids is 1.